The third kappa shape index (κ3) is 2.68. The Morgan fingerprint density at radius 2 is 2.32 bits per heavy atom. The first kappa shape index (κ1) is 14.6. The summed E-state index contributed by atoms with van der Waals surface area (Å²) in [6, 6.07) is 4.94. The van der Waals surface area contributed by atoms with Gasteiger partial charge in [-0.15, -0.1) is 0 Å². The highest BCUT2D eigenvalue weighted by molar-refractivity contribution is 5.98. The van der Waals surface area contributed by atoms with Crippen LogP contribution in [-0.4, -0.2) is 34.3 Å². The van der Waals surface area contributed by atoms with Crippen LogP contribution in [0.25, 0.3) is 11.1 Å². The van der Waals surface area contributed by atoms with E-state index in [1.807, 2.05) is 13.0 Å². The lowest BCUT2D eigenvalue weighted by Gasteiger charge is -2.25. The van der Waals surface area contributed by atoms with Crippen LogP contribution >= 0.6 is 0 Å². The van der Waals surface area contributed by atoms with E-state index in [1.54, 1.807) is 24.0 Å². The molecule has 1 N–H and O–H groups in total. The molecule has 1 aromatic carbocycles. The minimum atomic E-state index is -0.415. The Kier molecular flexibility index (Phi) is 3.83. The Labute approximate surface area is 128 Å². The number of nitrogens with one attached hydrogen (secondary N) is 1. The van der Waals surface area contributed by atoms with E-state index in [0.717, 1.165) is 11.9 Å². The van der Waals surface area contributed by atoms with Gasteiger partial charge < -0.3 is 14.6 Å². The van der Waals surface area contributed by atoms with Crippen molar-refractivity contribution in [1.29, 1.82) is 0 Å². The highest BCUT2D eigenvalue weighted by atomic mass is 16.3. The molecule has 116 valence electrons. The van der Waals surface area contributed by atoms with Gasteiger partial charge in [0.2, 0.25) is 11.8 Å². The van der Waals surface area contributed by atoms with Crippen LogP contribution in [0.5, 0.6) is 0 Å². The molecule has 1 fully saturated rings. The molecule has 1 aliphatic rings. The van der Waals surface area contributed by atoms with Gasteiger partial charge in [-0.25, -0.2) is 4.98 Å². The second kappa shape index (κ2) is 5.79. The fraction of sp³-hybridized carbons (Fsp3) is 0.438. The number of hydrogen-bond donors (Lipinski definition) is 1. The number of aryl methyl sites for hydroxylation is 1. The number of likely N-dealkylation sites (tertiary alicyclic amines) is 1. The van der Waals surface area contributed by atoms with E-state index < -0.39 is 6.04 Å². The second-order valence-corrected chi connectivity index (χ2v) is 5.52. The fourth-order valence-electron chi connectivity index (χ4n) is 2.89. The molecule has 0 saturated carbocycles. The predicted octanol–water partition coefficient (Wildman–Crippen LogP) is 2.48. The number of benzene rings is 1. The molecule has 1 atom stereocenters. The van der Waals surface area contributed by atoms with Crippen molar-refractivity contribution in [3.05, 3.63) is 24.1 Å². The largest absolute Gasteiger partial charge is 0.441 e. The predicted molar refractivity (Wildman–Crippen MR) is 82.4 cm³/mol. The van der Waals surface area contributed by atoms with Gasteiger partial charge in [-0.2, -0.15) is 0 Å². The van der Waals surface area contributed by atoms with Crippen molar-refractivity contribution in [3.63, 3.8) is 0 Å². The SMILES string of the molecule is CC[C@@H](C(=O)Nc1ccc2nc(C)oc2c1)N1CCCC1=O. The average molecular weight is 301 g/mol. The number of anilines is 1. The van der Waals surface area contributed by atoms with Crippen molar-refractivity contribution in [1.82, 2.24) is 9.88 Å². The molecule has 22 heavy (non-hydrogen) atoms. The summed E-state index contributed by atoms with van der Waals surface area (Å²) in [7, 11) is 0. The molecule has 2 heterocycles. The molecular weight excluding hydrogens is 282 g/mol. The van der Waals surface area contributed by atoms with Gasteiger partial charge in [0.1, 0.15) is 11.6 Å². The lowest BCUT2D eigenvalue weighted by molar-refractivity contribution is -0.135. The van der Waals surface area contributed by atoms with E-state index in [1.165, 1.54) is 0 Å². The van der Waals surface area contributed by atoms with Gasteiger partial charge in [0, 0.05) is 31.6 Å². The molecule has 1 aromatic heterocycles. The number of rotatable bonds is 4. The maximum absolute atomic E-state index is 12.5. The molecule has 0 unspecified atom stereocenters. The third-order valence-electron chi connectivity index (χ3n) is 3.94. The summed E-state index contributed by atoms with van der Waals surface area (Å²) in [6.45, 7) is 4.36. The van der Waals surface area contributed by atoms with Crippen molar-refractivity contribution < 1.29 is 14.0 Å². The Hall–Kier alpha value is -2.37. The normalized spacial score (nSPS) is 16.3. The van der Waals surface area contributed by atoms with Gasteiger partial charge in [-0.05, 0) is 25.0 Å². The fourth-order valence-corrected chi connectivity index (χ4v) is 2.89. The van der Waals surface area contributed by atoms with E-state index in [4.69, 9.17) is 4.42 Å². The number of carbonyl (C=O) groups excluding carboxylic acids is 2. The Morgan fingerprint density at radius 1 is 1.50 bits per heavy atom. The molecule has 0 spiro atoms. The molecule has 0 aliphatic carbocycles. The average Bonchev–Trinajstić information content (AvgIpc) is 3.05. The first-order valence-corrected chi connectivity index (χ1v) is 7.56. The number of aromatic nitrogens is 1. The van der Waals surface area contributed by atoms with Crippen molar-refractivity contribution >= 4 is 28.6 Å². The van der Waals surface area contributed by atoms with E-state index in [0.29, 0.717) is 36.5 Å². The molecular formula is C16H19N3O3. The van der Waals surface area contributed by atoms with Crippen LogP contribution in [0.3, 0.4) is 0 Å². The summed E-state index contributed by atoms with van der Waals surface area (Å²) in [5.41, 5.74) is 2.05. The summed E-state index contributed by atoms with van der Waals surface area (Å²) in [5.74, 6) is 0.490. The molecule has 3 rings (SSSR count). The second-order valence-electron chi connectivity index (χ2n) is 5.52. The highest BCUT2D eigenvalue weighted by Gasteiger charge is 2.31. The van der Waals surface area contributed by atoms with Crippen LogP contribution in [0.1, 0.15) is 32.1 Å². The monoisotopic (exact) mass is 301 g/mol. The smallest absolute Gasteiger partial charge is 0.247 e. The first-order chi connectivity index (χ1) is 10.6. The first-order valence-electron chi connectivity index (χ1n) is 7.56. The summed E-state index contributed by atoms with van der Waals surface area (Å²) in [5, 5.41) is 2.87. The minimum Gasteiger partial charge on any atom is -0.441 e. The standard InChI is InChI=1S/C16H19N3O3/c1-3-13(19-8-4-5-15(19)20)16(21)18-11-6-7-12-14(9-11)22-10(2)17-12/h6-7,9,13H,3-5,8H2,1-2H3,(H,18,21)/t13-/m0/s1. The van der Waals surface area contributed by atoms with Gasteiger partial charge in [-0.3, -0.25) is 9.59 Å². The molecule has 0 bridgehead atoms. The van der Waals surface area contributed by atoms with Crippen molar-refractivity contribution in [2.75, 3.05) is 11.9 Å². The highest BCUT2D eigenvalue weighted by Crippen LogP contribution is 2.21. The van der Waals surface area contributed by atoms with Crippen LogP contribution in [0.15, 0.2) is 22.6 Å². The summed E-state index contributed by atoms with van der Waals surface area (Å²) in [6.07, 6.45) is 1.96. The topological polar surface area (TPSA) is 75.4 Å². The number of amides is 2. The van der Waals surface area contributed by atoms with E-state index in [2.05, 4.69) is 10.3 Å². The maximum Gasteiger partial charge on any atom is 0.247 e. The van der Waals surface area contributed by atoms with Gasteiger partial charge in [0.25, 0.3) is 0 Å². The van der Waals surface area contributed by atoms with Gasteiger partial charge >= 0.3 is 0 Å². The Balaban J connectivity index is 1.77. The van der Waals surface area contributed by atoms with Crippen molar-refractivity contribution in [2.24, 2.45) is 0 Å². The van der Waals surface area contributed by atoms with Crippen molar-refractivity contribution in [3.8, 4) is 0 Å². The van der Waals surface area contributed by atoms with Gasteiger partial charge in [-0.1, -0.05) is 6.92 Å². The number of oxazole rings is 1. The minimum absolute atomic E-state index is 0.0586. The Morgan fingerprint density at radius 3 is 3.00 bits per heavy atom. The molecule has 6 heteroatoms. The lowest BCUT2D eigenvalue weighted by Crippen LogP contribution is -2.44. The zero-order chi connectivity index (χ0) is 15.7. The number of carbonyl (C=O) groups is 2. The van der Waals surface area contributed by atoms with Crippen LogP contribution in [-0.2, 0) is 9.59 Å². The molecule has 2 amide bonds. The third-order valence-corrected chi connectivity index (χ3v) is 3.94. The summed E-state index contributed by atoms with van der Waals surface area (Å²) < 4.78 is 5.47. The number of nitrogens with zero attached hydrogens (tertiary/aromatic N) is 2. The maximum atomic E-state index is 12.5. The molecule has 1 aliphatic heterocycles. The van der Waals surface area contributed by atoms with Gasteiger partial charge in [0.05, 0.1) is 0 Å². The van der Waals surface area contributed by atoms with E-state index >= 15 is 0 Å². The zero-order valence-electron chi connectivity index (χ0n) is 12.8. The van der Waals surface area contributed by atoms with E-state index in [-0.39, 0.29) is 11.8 Å². The molecule has 2 aromatic rings. The molecule has 1 saturated heterocycles. The van der Waals surface area contributed by atoms with Crippen LogP contribution < -0.4 is 5.32 Å². The van der Waals surface area contributed by atoms with Crippen LogP contribution in [0, 0.1) is 6.92 Å². The number of fused-ring (bicyclic) bond motifs is 1. The number of hydrogen-bond acceptors (Lipinski definition) is 4. The zero-order valence-corrected chi connectivity index (χ0v) is 12.8. The molecule has 0 radical (unpaired) electrons. The summed E-state index contributed by atoms with van der Waals surface area (Å²) >= 11 is 0. The van der Waals surface area contributed by atoms with Crippen LogP contribution in [0.4, 0.5) is 5.69 Å². The quantitative estimate of drug-likeness (QED) is 0.941. The Bertz CT molecular complexity index is 722. The lowest BCUT2D eigenvalue weighted by atomic mass is 10.1. The summed E-state index contributed by atoms with van der Waals surface area (Å²) in [4.78, 5) is 30.2. The van der Waals surface area contributed by atoms with E-state index in [9.17, 15) is 9.59 Å². The van der Waals surface area contributed by atoms with Gasteiger partial charge in [0.15, 0.2) is 11.5 Å². The van der Waals surface area contributed by atoms with Crippen LogP contribution in [0.2, 0.25) is 0 Å². The molecule has 6 nitrogen and oxygen atoms in total. The van der Waals surface area contributed by atoms with Crippen molar-refractivity contribution in [2.45, 2.75) is 39.2 Å².